The topological polar surface area (TPSA) is 237 Å². The van der Waals surface area contributed by atoms with Gasteiger partial charge in [-0.1, -0.05) is 344 Å². The van der Waals surface area contributed by atoms with E-state index in [0.29, 0.717) is 31.6 Å². The lowest BCUT2D eigenvalue weighted by molar-refractivity contribution is -0.161. The summed E-state index contributed by atoms with van der Waals surface area (Å²) in [6.45, 7) is 11.8. The molecule has 570 valence electrons. The lowest BCUT2D eigenvalue weighted by atomic mass is 10.0. The summed E-state index contributed by atoms with van der Waals surface area (Å²) in [6, 6.07) is 0. The Bertz CT molecular complexity index is 1870. The number of rotatable bonds is 75. The molecule has 96 heavy (non-hydrogen) atoms. The first-order chi connectivity index (χ1) is 46.2. The van der Waals surface area contributed by atoms with Crippen LogP contribution in [0.3, 0.4) is 0 Å². The average molecular weight is 1410 g/mol. The van der Waals surface area contributed by atoms with Crippen LogP contribution in [0.5, 0.6) is 0 Å². The van der Waals surface area contributed by atoms with E-state index in [4.69, 9.17) is 37.0 Å². The monoisotopic (exact) mass is 1410 g/mol. The Morgan fingerprint density at radius 2 is 0.479 bits per heavy atom. The molecule has 0 aromatic heterocycles. The van der Waals surface area contributed by atoms with Crippen molar-refractivity contribution in [2.24, 2.45) is 17.8 Å². The van der Waals surface area contributed by atoms with Gasteiger partial charge in [0.2, 0.25) is 0 Å². The van der Waals surface area contributed by atoms with Crippen molar-refractivity contribution in [3.05, 3.63) is 0 Å². The highest BCUT2D eigenvalue weighted by Crippen LogP contribution is 2.45. The van der Waals surface area contributed by atoms with Crippen molar-refractivity contribution in [3.63, 3.8) is 0 Å². The minimum atomic E-state index is -4.96. The number of hydrogen-bond donors (Lipinski definition) is 3. The summed E-state index contributed by atoms with van der Waals surface area (Å²) < 4.78 is 68.5. The first-order valence-electron chi connectivity index (χ1n) is 39.8. The Morgan fingerprint density at radius 1 is 0.281 bits per heavy atom. The second kappa shape index (κ2) is 67.5. The molecule has 0 aromatic rings. The fourth-order valence-electron chi connectivity index (χ4n) is 11.8. The third-order valence-corrected chi connectivity index (χ3v) is 19.8. The number of unbranched alkanes of at least 4 members (excludes halogenated alkanes) is 43. The van der Waals surface area contributed by atoms with E-state index in [9.17, 15) is 43.2 Å². The molecule has 17 nitrogen and oxygen atoms in total. The Hall–Kier alpha value is -1.94. The van der Waals surface area contributed by atoms with E-state index in [1.807, 2.05) is 0 Å². The zero-order valence-corrected chi connectivity index (χ0v) is 64.6. The molecule has 3 N–H and O–H groups in total. The normalized spacial score (nSPS) is 14.1. The van der Waals surface area contributed by atoms with E-state index < -0.39 is 97.5 Å². The van der Waals surface area contributed by atoms with Crippen LogP contribution in [0.1, 0.15) is 395 Å². The van der Waals surface area contributed by atoms with Gasteiger partial charge in [0.15, 0.2) is 12.2 Å². The van der Waals surface area contributed by atoms with Gasteiger partial charge in [0.25, 0.3) is 0 Å². The van der Waals surface area contributed by atoms with Crippen LogP contribution in [0.25, 0.3) is 0 Å². The van der Waals surface area contributed by atoms with Crippen LogP contribution >= 0.6 is 15.6 Å². The summed E-state index contributed by atoms with van der Waals surface area (Å²) in [4.78, 5) is 72.8. The van der Waals surface area contributed by atoms with Crippen molar-refractivity contribution in [1.82, 2.24) is 0 Å². The van der Waals surface area contributed by atoms with Gasteiger partial charge in [0.1, 0.15) is 19.3 Å². The maximum Gasteiger partial charge on any atom is 0.472 e. The zero-order valence-electron chi connectivity index (χ0n) is 62.8. The van der Waals surface area contributed by atoms with E-state index >= 15 is 0 Å². The summed E-state index contributed by atoms with van der Waals surface area (Å²) in [6.07, 6.45) is 54.3. The van der Waals surface area contributed by atoms with Crippen LogP contribution in [-0.4, -0.2) is 96.7 Å². The average Bonchev–Trinajstić information content (AvgIpc) is 1.39. The predicted molar refractivity (Wildman–Crippen MR) is 391 cm³/mol. The van der Waals surface area contributed by atoms with Crippen molar-refractivity contribution < 1.29 is 80.2 Å². The van der Waals surface area contributed by atoms with E-state index in [1.165, 1.54) is 199 Å². The second-order valence-electron chi connectivity index (χ2n) is 29.2. The number of aliphatic hydroxyl groups excluding tert-OH is 1. The molecule has 5 atom stereocenters. The van der Waals surface area contributed by atoms with E-state index in [-0.39, 0.29) is 25.7 Å². The maximum atomic E-state index is 13.1. The molecule has 0 aliphatic rings. The SMILES string of the molecule is CCCCCCCCCCCCCCCCCCCCC(=O)O[C@H](COC(=O)CCCCCCCCCCCCCCCCC(C)C)COP(=O)(O)OC[C@@H](O)COP(=O)(O)OC[C@@H](COC(=O)CCCCCCCCCC(C)C)OC(=O)CCCCCCCCCCC(C)C. The van der Waals surface area contributed by atoms with Crippen molar-refractivity contribution in [3.8, 4) is 0 Å². The first-order valence-corrected chi connectivity index (χ1v) is 42.8. The number of phosphoric acid groups is 2. The third-order valence-electron chi connectivity index (χ3n) is 17.9. The van der Waals surface area contributed by atoms with Gasteiger partial charge in [-0.3, -0.25) is 37.3 Å². The minimum absolute atomic E-state index is 0.104. The van der Waals surface area contributed by atoms with Crippen molar-refractivity contribution in [1.29, 1.82) is 0 Å². The lowest BCUT2D eigenvalue weighted by Crippen LogP contribution is -2.30. The first kappa shape index (κ1) is 94.1. The molecule has 0 spiro atoms. The smallest absolute Gasteiger partial charge is 0.462 e. The molecule has 0 radical (unpaired) electrons. The van der Waals surface area contributed by atoms with E-state index in [1.54, 1.807) is 0 Å². The summed E-state index contributed by atoms with van der Waals surface area (Å²) in [7, 11) is -9.91. The number of esters is 4. The molecule has 0 aliphatic heterocycles. The van der Waals surface area contributed by atoms with Crippen molar-refractivity contribution in [2.75, 3.05) is 39.6 Å². The molecular weight excluding hydrogens is 1260 g/mol. The van der Waals surface area contributed by atoms with Crippen molar-refractivity contribution in [2.45, 2.75) is 414 Å². The number of carbonyl (C=O) groups is 4. The molecule has 0 saturated heterocycles. The minimum Gasteiger partial charge on any atom is -0.462 e. The van der Waals surface area contributed by atoms with Gasteiger partial charge < -0.3 is 33.8 Å². The molecule has 0 heterocycles. The Kier molecular flexibility index (Phi) is 66.2. The van der Waals surface area contributed by atoms with Gasteiger partial charge >= 0.3 is 39.5 Å². The van der Waals surface area contributed by atoms with Crippen molar-refractivity contribution >= 4 is 39.5 Å². The van der Waals surface area contributed by atoms with Gasteiger partial charge in [-0.2, -0.15) is 0 Å². The molecule has 2 unspecified atom stereocenters. The molecule has 0 aromatic carbocycles. The summed E-state index contributed by atoms with van der Waals surface area (Å²) in [5.41, 5.74) is 0. The molecule has 0 fully saturated rings. The Balaban J connectivity index is 5.23. The highest BCUT2D eigenvalue weighted by Gasteiger charge is 2.30. The molecular formula is C77H150O17P2. The van der Waals surface area contributed by atoms with Gasteiger partial charge in [0.05, 0.1) is 26.4 Å². The molecule has 0 amide bonds. The van der Waals surface area contributed by atoms with Gasteiger partial charge in [-0.15, -0.1) is 0 Å². The van der Waals surface area contributed by atoms with Crippen LogP contribution in [0.4, 0.5) is 0 Å². The quantitative estimate of drug-likeness (QED) is 0.0222. The number of hydrogen-bond acceptors (Lipinski definition) is 15. The second-order valence-corrected chi connectivity index (χ2v) is 32.1. The Labute approximate surface area is 588 Å². The van der Waals surface area contributed by atoms with Gasteiger partial charge in [-0.25, -0.2) is 9.13 Å². The number of phosphoric ester groups is 2. The standard InChI is InChI=1S/C77H150O17P2/c1-8-9-10-11-12-13-14-15-16-17-18-19-24-27-30-38-46-53-60-76(81)93-72(64-87-74(79)58-51-44-37-29-26-23-21-20-22-25-28-34-41-48-55-68(2)3)66-91-95(83,84)89-62-71(78)63-90-96(85,86)92-67-73(65-88-75(80)59-52-45-40-33-36-43-50-57-70(6)7)94-77(82)61-54-47-39-32-31-35-42-49-56-69(4)5/h68-73,78H,8-67H2,1-7H3,(H,83,84)(H,85,86)/t71-,72-,73-/m1/s1. The van der Waals surface area contributed by atoms with E-state index in [2.05, 4.69) is 48.5 Å². The van der Waals surface area contributed by atoms with Crippen LogP contribution in [0.2, 0.25) is 0 Å². The largest absolute Gasteiger partial charge is 0.472 e. The Morgan fingerprint density at radius 3 is 0.708 bits per heavy atom. The summed E-state index contributed by atoms with van der Waals surface area (Å²) in [5, 5.41) is 10.6. The number of ether oxygens (including phenoxy) is 4. The predicted octanol–water partition coefficient (Wildman–Crippen LogP) is 22.6. The van der Waals surface area contributed by atoms with Crippen LogP contribution in [0.15, 0.2) is 0 Å². The van der Waals surface area contributed by atoms with E-state index in [0.717, 1.165) is 108 Å². The molecule has 0 rings (SSSR count). The molecule has 19 heteroatoms. The molecule has 0 bridgehead atoms. The van der Waals surface area contributed by atoms with Crippen LogP contribution in [-0.2, 0) is 65.4 Å². The van der Waals surface area contributed by atoms with Gasteiger partial charge in [0, 0.05) is 25.7 Å². The fraction of sp³-hybridized carbons (Fsp3) is 0.948. The highest BCUT2D eigenvalue weighted by atomic mass is 31.2. The lowest BCUT2D eigenvalue weighted by Gasteiger charge is -2.21. The van der Waals surface area contributed by atoms with Crippen LogP contribution in [0, 0.1) is 17.8 Å². The van der Waals surface area contributed by atoms with Gasteiger partial charge in [-0.05, 0) is 43.4 Å². The number of carbonyl (C=O) groups excluding carboxylic acids is 4. The zero-order chi connectivity index (χ0) is 70.9. The maximum absolute atomic E-state index is 13.1. The summed E-state index contributed by atoms with van der Waals surface area (Å²) >= 11 is 0. The molecule has 0 saturated carbocycles. The number of aliphatic hydroxyl groups is 1. The van der Waals surface area contributed by atoms with Crippen LogP contribution < -0.4 is 0 Å². The fourth-order valence-corrected chi connectivity index (χ4v) is 13.4. The summed E-state index contributed by atoms with van der Waals surface area (Å²) in [5.74, 6) is 0.104. The molecule has 0 aliphatic carbocycles. The third kappa shape index (κ3) is 70.5. The highest BCUT2D eigenvalue weighted by molar-refractivity contribution is 7.47.